The summed E-state index contributed by atoms with van der Waals surface area (Å²) in [5.74, 6) is 0. The second-order valence-corrected chi connectivity index (χ2v) is 7.46. The molecule has 1 atom stereocenters. The summed E-state index contributed by atoms with van der Waals surface area (Å²) in [4.78, 5) is 9.72. The highest BCUT2D eigenvalue weighted by Gasteiger charge is 2.19. The van der Waals surface area contributed by atoms with Gasteiger partial charge in [0.2, 0.25) is 0 Å². The van der Waals surface area contributed by atoms with Crippen LogP contribution in [0, 0.1) is 0 Å². The number of ether oxygens (including phenoxy) is 1. The van der Waals surface area contributed by atoms with Crippen molar-refractivity contribution < 1.29 is 4.74 Å². The Morgan fingerprint density at radius 2 is 1.92 bits per heavy atom. The number of benzene rings is 1. The number of nitrogens with zero attached hydrogens (tertiary/aromatic N) is 3. The highest BCUT2D eigenvalue weighted by atomic mass is 32.1. The average Bonchev–Trinajstić information content (AvgIpc) is 3.06. The summed E-state index contributed by atoms with van der Waals surface area (Å²) < 4.78 is 5.63. The van der Waals surface area contributed by atoms with Gasteiger partial charge in [-0.2, -0.15) is 0 Å². The summed E-state index contributed by atoms with van der Waals surface area (Å²) in [7, 11) is 0. The normalized spacial score (nSPS) is 17.7. The molecule has 1 fully saturated rings. The van der Waals surface area contributed by atoms with Gasteiger partial charge in [0.15, 0.2) is 0 Å². The van der Waals surface area contributed by atoms with E-state index in [1.54, 1.807) is 11.3 Å². The van der Waals surface area contributed by atoms with E-state index in [1.165, 1.54) is 5.56 Å². The van der Waals surface area contributed by atoms with E-state index in [4.69, 9.17) is 15.5 Å². The zero-order valence-corrected chi connectivity index (χ0v) is 16.0. The van der Waals surface area contributed by atoms with Crippen molar-refractivity contribution in [2.24, 2.45) is 0 Å². The van der Waals surface area contributed by atoms with Crippen LogP contribution in [-0.2, 0) is 17.8 Å². The molecule has 0 radical (unpaired) electrons. The predicted molar refractivity (Wildman–Crippen MR) is 104 cm³/mol. The number of thiazole rings is 1. The quantitative estimate of drug-likeness (QED) is 0.769. The molecule has 0 spiro atoms. The minimum atomic E-state index is 0.0962. The lowest BCUT2D eigenvalue weighted by Crippen LogP contribution is -2.45. The van der Waals surface area contributed by atoms with Crippen LogP contribution in [0.5, 0.6) is 0 Å². The van der Waals surface area contributed by atoms with Crippen LogP contribution in [0.25, 0.3) is 0 Å². The zero-order chi connectivity index (χ0) is 17.6. The third kappa shape index (κ3) is 5.25. The fourth-order valence-electron chi connectivity index (χ4n) is 3.19. The molecule has 2 heterocycles. The summed E-state index contributed by atoms with van der Waals surface area (Å²) >= 11 is 1.70. The molecule has 25 heavy (non-hydrogen) atoms. The second-order valence-electron chi connectivity index (χ2n) is 6.57. The molecule has 1 aliphatic heterocycles. The van der Waals surface area contributed by atoms with E-state index in [0.717, 1.165) is 62.3 Å². The molecule has 1 aromatic carbocycles. The molecule has 3 rings (SSSR count). The van der Waals surface area contributed by atoms with Crippen molar-refractivity contribution in [1.29, 1.82) is 0 Å². The van der Waals surface area contributed by atoms with E-state index in [9.17, 15) is 0 Å². The van der Waals surface area contributed by atoms with E-state index in [2.05, 4.69) is 34.2 Å². The third-order valence-corrected chi connectivity index (χ3v) is 5.60. The molecule has 2 aromatic rings. The van der Waals surface area contributed by atoms with Crippen LogP contribution in [0.2, 0.25) is 0 Å². The van der Waals surface area contributed by atoms with Crippen LogP contribution in [0.1, 0.15) is 36.2 Å². The molecule has 1 aromatic heterocycles. The van der Waals surface area contributed by atoms with Crippen molar-refractivity contribution in [2.45, 2.75) is 33.0 Å². The third-order valence-electron chi connectivity index (χ3n) is 4.54. The molecule has 1 aliphatic rings. The molecule has 1 unspecified atom stereocenters. The summed E-state index contributed by atoms with van der Waals surface area (Å²) in [6, 6.07) is 8.20. The fraction of sp³-hybridized carbons (Fsp3) is 0.526. The Morgan fingerprint density at radius 1 is 1.20 bits per heavy atom. The Labute approximate surface area is 154 Å². The molecule has 0 bridgehead atoms. The highest BCUT2D eigenvalue weighted by Crippen LogP contribution is 2.22. The molecule has 0 amide bonds. The van der Waals surface area contributed by atoms with E-state index >= 15 is 0 Å². The highest BCUT2D eigenvalue weighted by molar-refractivity contribution is 7.09. The first-order valence-corrected chi connectivity index (χ1v) is 9.87. The summed E-state index contributed by atoms with van der Waals surface area (Å²) in [6.45, 7) is 11.1. The summed E-state index contributed by atoms with van der Waals surface area (Å²) in [6.07, 6.45) is 0.0962. The Bertz CT molecular complexity index is 667. The van der Waals surface area contributed by atoms with Gasteiger partial charge >= 0.3 is 0 Å². The first-order valence-electron chi connectivity index (χ1n) is 8.99. The number of hydrogen-bond donors (Lipinski definition) is 1. The number of rotatable bonds is 7. The standard InChI is InChI=1S/C19H28N4OS/c1-3-24-15(2)19-21-18(14-25-19)13-23-9-7-22(8-10-23)12-16-5-4-6-17(20)11-16/h4-6,11,14-15H,3,7-10,12-13,20H2,1-2H3. The maximum atomic E-state index is 5.87. The average molecular weight is 361 g/mol. The van der Waals surface area contributed by atoms with Gasteiger partial charge in [-0.25, -0.2) is 4.98 Å². The van der Waals surface area contributed by atoms with Crippen molar-refractivity contribution in [2.75, 3.05) is 38.5 Å². The largest absolute Gasteiger partial charge is 0.399 e. The Hall–Kier alpha value is -1.47. The van der Waals surface area contributed by atoms with Gasteiger partial charge in [0.1, 0.15) is 11.1 Å². The SMILES string of the molecule is CCOC(C)c1nc(CN2CCN(Cc3cccc(N)c3)CC2)cs1. The number of nitrogen functional groups attached to an aromatic ring is 1. The summed E-state index contributed by atoms with van der Waals surface area (Å²) in [5, 5.41) is 3.25. The maximum absolute atomic E-state index is 5.87. The van der Waals surface area contributed by atoms with Crippen molar-refractivity contribution in [1.82, 2.24) is 14.8 Å². The lowest BCUT2D eigenvalue weighted by atomic mass is 10.1. The number of piperazine rings is 1. The molecule has 0 aliphatic carbocycles. The van der Waals surface area contributed by atoms with Crippen LogP contribution in [0.4, 0.5) is 5.69 Å². The van der Waals surface area contributed by atoms with Crippen molar-refractivity contribution >= 4 is 17.0 Å². The summed E-state index contributed by atoms with van der Waals surface area (Å²) in [5.41, 5.74) is 9.17. The molecule has 136 valence electrons. The minimum absolute atomic E-state index is 0.0962. The van der Waals surface area contributed by atoms with Gasteiger partial charge in [0.25, 0.3) is 0 Å². The van der Waals surface area contributed by atoms with Gasteiger partial charge < -0.3 is 10.5 Å². The molecule has 5 nitrogen and oxygen atoms in total. The monoisotopic (exact) mass is 360 g/mol. The van der Waals surface area contributed by atoms with E-state index in [1.807, 2.05) is 19.1 Å². The van der Waals surface area contributed by atoms with Crippen LogP contribution in [-0.4, -0.2) is 47.6 Å². The van der Waals surface area contributed by atoms with Crippen molar-refractivity contribution in [3.05, 3.63) is 45.9 Å². The van der Waals surface area contributed by atoms with Gasteiger partial charge in [-0.15, -0.1) is 11.3 Å². The molecule has 2 N–H and O–H groups in total. The Morgan fingerprint density at radius 3 is 2.60 bits per heavy atom. The topological polar surface area (TPSA) is 54.6 Å². The minimum Gasteiger partial charge on any atom is -0.399 e. The van der Waals surface area contributed by atoms with Gasteiger partial charge in [-0.3, -0.25) is 9.80 Å². The lowest BCUT2D eigenvalue weighted by molar-refractivity contribution is 0.0758. The van der Waals surface area contributed by atoms with Gasteiger partial charge in [0.05, 0.1) is 5.69 Å². The van der Waals surface area contributed by atoms with Crippen LogP contribution >= 0.6 is 11.3 Å². The number of aromatic nitrogens is 1. The van der Waals surface area contributed by atoms with Gasteiger partial charge in [0, 0.05) is 56.9 Å². The number of nitrogens with two attached hydrogens (primary N) is 1. The molecule has 1 saturated heterocycles. The first-order chi connectivity index (χ1) is 12.1. The molecular formula is C19H28N4OS. The van der Waals surface area contributed by atoms with E-state index in [0.29, 0.717) is 0 Å². The van der Waals surface area contributed by atoms with Gasteiger partial charge in [-0.05, 0) is 31.5 Å². The van der Waals surface area contributed by atoms with E-state index in [-0.39, 0.29) is 6.10 Å². The number of anilines is 1. The van der Waals surface area contributed by atoms with Crippen LogP contribution < -0.4 is 5.73 Å². The first kappa shape index (κ1) is 18.3. The van der Waals surface area contributed by atoms with E-state index < -0.39 is 0 Å². The maximum Gasteiger partial charge on any atom is 0.122 e. The van der Waals surface area contributed by atoms with Crippen molar-refractivity contribution in [3.63, 3.8) is 0 Å². The van der Waals surface area contributed by atoms with Crippen molar-refractivity contribution in [3.8, 4) is 0 Å². The lowest BCUT2D eigenvalue weighted by Gasteiger charge is -2.34. The smallest absolute Gasteiger partial charge is 0.122 e. The fourth-order valence-corrected chi connectivity index (χ4v) is 4.00. The number of hydrogen-bond acceptors (Lipinski definition) is 6. The molecule has 6 heteroatoms. The zero-order valence-electron chi connectivity index (χ0n) is 15.1. The molecule has 0 saturated carbocycles. The molecular weight excluding hydrogens is 332 g/mol. The van der Waals surface area contributed by atoms with Crippen LogP contribution in [0.15, 0.2) is 29.6 Å². The van der Waals surface area contributed by atoms with Gasteiger partial charge in [-0.1, -0.05) is 12.1 Å². The second kappa shape index (κ2) is 8.76. The Kier molecular flexibility index (Phi) is 6.42. The Balaban J connectivity index is 1.46. The predicted octanol–water partition coefficient (Wildman–Crippen LogP) is 3.14. The van der Waals surface area contributed by atoms with Crippen LogP contribution in [0.3, 0.4) is 0 Å².